The molecule has 0 bridgehead atoms. The van der Waals surface area contributed by atoms with E-state index >= 15 is 0 Å². The van der Waals surface area contributed by atoms with Gasteiger partial charge >= 0.3 is 0 Å². The quantitative estimate of drug-likeness (QED) is 0.550. The van der Waals surface area contributed by atoms with Gasteiger partial charge in [0.15, 0.2) is 5.69 Å². The normalized spacial score (nSPS) is 10.8. The highest BCUT2D eigenvalue weighted by Gasteiger charge is 2.16. The molecule has 0 aliphatic rings. The summed E-state index contributed by atoms with van der Waals surface area (Å²) in [5.41, 5.74) is 0.942. The number of benzene rings is 2. The van der Waals surface area contributed by atoms with Crippen LogP contribution in [-0.4, -0.2) is 19.9 Å². The summed E-state index contributed by atoms with van der Waals surface area (Å²) in [6.07, 6.45) is 1.53. The van der Waals surface area contributed by atoms with Crippen LogP contribution in [0.3, 0.4) is 0 Å². The fourth-order valence-electron chi connectivity index (χ4n) is 2.33. The molecule has 0 unspecified atom stereocenters. The molecule has 0 atom stereocenters. The average Bonchev–Trinajstić information content (AvgIpc) is 3.13. The molecule has 0 saturated heterocycles. The minimum atomic E-state index is -0.368. The van der Waals surface area contributed by atoms with E-state index in [-0.39, 0.29) is 28.7 Å². The van der Waals surface area contributed by atoms with Crippen molar-refractivity contribution >= 4 is 11.6 Å². The molecule has 0 fully saturated rings. The van der Waals surface area contributed by atoms with Gasteiger partial charge in [0.1, 0.15) is 5.82 Å². The lowest BCUT2D eigenvalue weighted by Gasteiger charge is -2.05. The fraction of sp³-hybridized carbons (Fsp3) is 0. The summed E-state index contributed by atoms with van der Waals surface area (Å²) in [4.78, 5) is 16.4. The molecule has 0 aliphatic carbocycles. The molecule has 0 amide bonds. The van der Waals surface area contributed by atoms with E-state index in [9.17, 15) is 9.18 Å². The molecule has 8 heteroatoms. The summed E-state index contributed by atoms with van der Waals surface area (Å²) in [6.45, 7) is 0. The van der Waals surface area contributed by atoms with Crippen LogP contribution < -0.4 is 5.43 Å². The van der Waals surface area contributed by atoms with Gasteiger partial charge in [-0.25, -0.2) is 9.07 Å². The number of aromatic nitrogens is 4. The van der Waals surface area contributed by atoms with E-state index in [1.54, 1.807) is 24.3 Å². The van der Waals surface area contributed by atoms with Gasteiger partial charge in [0.05, 0.1) is 5.69 Å². The molecule has 0 radical (unpaired) electrons. The van der Waals surface area contributed by atoms with Crippen LogP contribution in [0.1, 0.15) is 0 Å². The van der Waals surface area contributed by atoms with Gasteiger partial charge in [0.2, 0.25) is 11.3 Å². The van der Waals surface area contributed by atoms with Crippen molar-refractivity contribution in [3.63, 3.8) is 0 Å². The van der Waals surface area contributed by atoms with E-state index in [0.29, 0.717) is 16.3 Å². The van der Waals surface area contributed by atoms with Crippen molar-refractivity contribution in [3.8, 4) is 28.7 Å². The molecular formula is C18H10ClFN4O2. The highest BCUT2D eigenvalue weighted by atomic mass is 35.5. The molecule has 6 nitrogen and oxygen atoms in total. The third kappa shape index (κ3) is 3.12. The van der Waals surface area contributed by atoms with Gasteiger partial charge in [-0.3, -0.25) is 4.79 Å². The Kier molecular flexibility index (Phi) is 4.06. The number of hydrogen-bond donors (Lipinski definition) is 0. The number of rotatable bonds is 3. The Morgan fingerprint density at radius 2 is 1.73 bits per heavy atom. The monoisotopic (exact) mass is 368 g/mol. The van der Waals surface area contributed by atoms with Gasteiger partial charge in [0.25, 0.3) is 5.89 Å². The fourth-order valence-corrected chi connectivity index (χ4v) is 2.46. The summed E-state index contributed by atoms with van der Waals surface area (Å²) < 4.78 is 19.7. The van der Waals surface area contributed by atoms with Crippen molar-refractivity contribution in [2.24, 2.45) is 0 Å². The Balaban J connectivity index is 1.74. The minimum Gasteiger partial charge on any atom is -0.332 e. The van der Waals surface area contributed by atoms with E-state index < -0.39 is 0 Å². The van der Waals surface area contributed by atoms with E-state index in [4.69, 9.17) is 16.1 Å². The zero-order valence-corrected chi connectivity index (χ0v) is 13.9. The largest absolute Gasteiger partial charge is 0.332 e. The lowest BCUT2D eigenvalue weighted by molar-refractivity contribution is 0.429. The van der Waals surface area contributed by atoms with E-state index in [0.717, 1.165) is 0 Å². The van der Waals surface area contributed by atoms with Crippen LogP contribution in [0.15, 0.2) is 70.1 Å². The van der Waals surface area contributed by atoms with Crippen molar-refractivity contribution < 1.29 is 8.91 Å². The molecule has 0 aliphatic heterocycles. The van der Waals surface area contributed by atoms with Crippen molar-refractivity contribution in [1.82, 2.24) is 19.9 Å². The van der Waals surface area contributed by atoms with Crippen LogP contribution in [0.2, 0.25) is 5.02 Å². The summed E-state index contributed by atoms with van der Waals surface area (Å²) in [7, 11) is 0. The van der Waals surface area contributed by atoms with E-state index in [1.165, 1.54) is 41.2 Å². The maximum atomic E-state index is 13.0. The maximum Gasteiger partial charge on any atom is 0.282 e. The van der Waals surface area contributed by atoms with Crippen LogP contribution in [0.25, 0.3) is 28.7 Å². The van der Waals surface area contributed by atoms with Crippen molar-refractivity contribution in [2.45, 2.75) is 0 Å². The second-order valence-corrected chi connectivity index (χ2v) is 5.82. The van der Waals surface area contributed by atoms with Crippen LogP contribution in [0.5, 0.6) is 0 Å². The van der Waals surface area contributed by atoms with Crippen LogP contribution in [-0.2, 0) is 0 Å². The first-order chi connectivity index (χ1) is 12.6. The first kappa shape index (κ1) is 16.2. The first-order valence-electron chi connectivity index (χ1n) is 7.56. The molecule has 0 N–H and O–H groups in total. The van der Waals surface area contributed by atoms with Gasteiger partial charge in [-0.05, 0) is 48.5 Å². The predicted molar refractivity (Wildman–Crippen MR) is 93.5 cm³/mol. The highest BCUT2D eigenvalue weighted by molar-refractivity contribution is 6.30. The van der Waals surface area contributed by atoms with Gasteiger partial charge in [0, 0.05) is 22.8 Å². The molecule has 2 aromatic carbocycles. The van der Waals surface area contributed by atoms with Crippen LogP contribution in [0.4, 0.5) is 4.39 Å². The highest BCUT2D eigenvalue weighted by Crippen LogP contribution is 2.20. The Bertz CT molecular complexity index is 1120. The molecule has 0 spiro atoms. The number of halogens is 2. The topological polar surface area (TPSA) is 73.8 Å². The van der Waals surface area contributed by atoms with Crippen molar-refractivity contribution in [2.75, 3.05) is 0 Å². The Labute approximate surface area is 151 Å². The zero-order valence-electron chi connectivity index (χ0n) is 13.1. The number of hydrogen-bond acceptors (Lipinski definition) is 5. The zero-order chi connectivity index (χ0) is 18.1. The standard InChI is InChI=1S/C18H10ClFN4O2/c19-12-3-7-14(8-4-12)24-10-9-15(25)16(22-24)18-21-17(23-26-18)11-1-5-13(20)6-2-11/h1-10H. The average molecular weight is 369 g/mol. The van der Waals surface area contributed by atoms with Gasteiger partial charge in [-0.1, -0.05) is 16.8 Å². The second kappa shape index (κ2) is 6.53. The van der Waals surface area contributed by atoms with E-state index in [2.05, 4.69) is 15.2 Å². The van der Waals surface area contributed by atoms with Gasteiger partial charge in [-0.2, -0.15) is 10.1 Å². The Morgan fingerprint density at radius 3 is 2.46 bits per heavy atom. The molecule has 26 heavy (non-hydrogen) atoms. The molecule has 4 aromatic rings. The molecule has 2 heterocycles. The smallest absolute Gasteiger partial charge is 0.282 e. The van der Waals surface area contributed by atoms with Crippen molar-refractivity contribution in [3.05, 3.63) is 81.9 Å². The van der Waals surface area contributed by atoms with Crippen LogP contribution >= 0.6 is 11.6 Å². The SMILES string of the molecule is O=c1ccn(-c2ccc(Cl)cc2)nc1-c1nc(-c2ccc(F)cc2)no1. The molecule has 4 rings (SSSR count). The number of nitrogens with zero attached hydrogens (tertiary/aromatic N) is 4. The lowest BCUT2D eigenvalue weighted by Crippen LogP contribution is -2.12. The molecule has 0 saturated carbocycles. The minimum absolute atomic E-state index is 0.0161. The Hall–Kier alpha value is -3.32. The molecule has 128 valence electrons. The molecular weight excluding hydrogens is 359 g/mol. The third-order valence-electron chi connectivity index (χ3n) is 3.63. The van der Waals surface area contributed by atoms with Gasteiger partial charge < -0.3 is 4.52 Å². The third-order valence-corrected chi connectivity index (χ3v) is 3.88. The first-order valence-corrected chi connectivity index (χ1v) is 7.94. The summed E-state index contributed by atoms with van der Waals surface area (Å²) in [6, 6.07) is 14.0. The van der Waals surface area contributed by atoms with Crippen LogP contribution in [0, 0.1) is 5.82 Å². The van der Waals surface area contributed by atoms with E-state index in [1.807, 2.05) is 0 Å². The van der Waals surface area contributed by atoms with Crippen molar-refractivity contribution in [1.29, 1.82) is 0 Å². The summed E-state index contributed by atoms with van der Waals surface area (Å²) >= 11 is 5.89. The van der Waals surface area contributed by atoms with Gasteiger partial charge in [-0.15, -0.1) is 0 Å². The predicted octanol–water partition coefficient (Wildman–Crippen LogP) is 3.74. The second-order valence-electron chi connectivity index (χ2n) is 5.38. The molecule has 2 aromatic heterocycles. The maximum absolute atomic E-state index is 13.0. The summed E-state index contributed by atoms with van der Waals surface area (Å²) in [5, 5.41) is 8.70. The lowest BCUT2D eigenvalue weighted by atomic mass is 10.2. The Morgan fingerprint density at radius 1 is 1.00 bits per heavy atom. The summed E-state index contributed by atoms with van der Waals surface area (Å²) in [5.74, 6) is -0.145.